The topological polar surface area (TPSA) is 53.0 Å². The van der Waals surface area contributed by atoms with Gasteiger partial charge in [-0.2, -0.15) is 0 Å². The summed E-state index contributed by atoms with van der Waals surface area (Å²) >= 11 is 1.99. The molecular formula is C30H33N3O2S. The van der Waals surface area contributed by atoms with E-state index in [0.717, 1.165) is 67.4 Å². The fraction of sp³-hybridized carbons (Fsp3) is 0.500. The molecule has 186 valence electrons. The van der Waals surface area contributed by atoms with Crippen molar-refractivity contribution in [2.75, 3.05) is 19.6 Å². The summed E-state index contributed by atoms with van der Waals surface area (Å²) in [5.74, 6) is 1.91. The molecule has 5 nitrogen and oxygen atoms in total. The van der Waals surface area contributed by atoms with E-state index in [9.17, 15) is 9.59 Å². The number of hydrogen-bond acceptors (Lipinski definition) is 4. The van der Waals surface area contributed by atoms with Crippen LogP contribution in [-0.2, 0) is 9.59 Å². The highest BCUT2D eigenvalue weighted by atomic mass is 32.2. The van der Waals surface area contributed by atoms with Crippen molar-refractivity contribution in [2.24, 2.45) is 16.8 Å². The van der Waals surface area contributed by atoms with Crippen molar-refractivity contribution in [2.45, 2.75) is 67.6 Å². The highest BCUT2D eigenvalue weighted by molar-refractivity contribution is 8.00. The zero-order valence-corrected chi connectivity index (χ0v) is 21.7. The van der Waals surface area contributed by atoms with Crippen LogP contribution in [0, 0.1) is 18.8 Å². The number of carbonyl (C=O) groups excluding carboxylic acids is 2. The second kappa shape index (κ2) is 8.47. The van der Waals surface area contributed by atoms with Crippen molar-refractivity contribution in [1.29, 1.82) is 0 Å². The summed E-state index contributed by atoms with van der Waals surface area (Å²) in [4.78, 5) is 36.4. The van der Waals surface area contributed by atoms with E-state index in [-0.39, 0.29) is 11.8 Å². The molecule has 36 heavy (non-hydrogen) atoms. The minimum atomic E-state index is -0.517. The van der Waals surface area contributed by atoms with Crippen LogP contribution in [0.25, 0.3) is 11.1 Å². The first-order valence-corrected chi connectivity index (χ1v) is 14.5. The van der Waals surface area contributed by atoms with Gasteiger partial charge in [0.2, 0.25) is 5.91 Å². The molecule has 2 aromatic rings. The zero-order valence-electron chi connectivity index (χ0n) is 20.9. The summed E-state index contributed by atoms with van der Waals surface area (Å²) in [6.45, 7) is 4.39. The van der Waals surface area contributed by atoms with E-state index >= 15 is 0 Å². The minimum Gasteiger partial charge on any atom is -0.342 e. The maximum atomic E-state index is 13.5. The lowest BCUT2D eigenvalue weighted by molar-refractivity contribution is -0.131. The largest absolute Gasteiger partial charge is 0.342 e. The number of nitrogens with zero attached hydrogens (tertiary/aromatic N) is 3. The number of aliphatic imine (C=N–C) groups is 1. The quantitative estimate of drug-likeness (QED) is 0.520. The van der Waals surface area contributed by atoms with Gasteiger partial charge < -0.3 is 4.90 Å². The normalized spacial score (nSPS) is 24.5. The number of benzene rings is 2. The lowest BCUT2D eigenvalue weighted by Gasteiger charge is -2.24. The molecule has 1 saturated heterocycles. The minimum absolute atomic E-state index is 0.165. The first kappa shape index (κ1) is 22.6. The Morgan fingerprint density at radius 1 is 1.06 bits per heavy atom. The van der Waals surface area contributed by atoms with Crippen LogP contribution in [0.15, 0.2) is 52.4 Å². The van der Waals surface area contributed by atoms with Crippen molar-refractivity contribution in [3.05, 3.63) is 53.6 Å². The first-order valence-electron chi connectivity index (χ1n) is 13.6. The molecule has 3 aliphatic carbocycles. The molecule has 0 aromatic heterocycles. The molecular weight excluding hydrogens is 466 g/mol. The number of carbonyl (C=O) groups is 2. The van der Waals surface area contributed by atoms with E-state index in [1.165, 1.54) is 28.9 Å². The highest BCUT2D eigenvalue weighted by Gasteiger charge is 2.57. The molecule has 1 spiro atoms. The third kappa shape index (κ3) is 4.17. The molecule has 2 aromatic carbocycles. The summed E-state index contributed by atoms with van der Waals surface area (Å²) in [6.07, 6.45) is 7.42. The van der Waals surface area contributed by atoms with Gasteiger partial charge in [-0.15, -0.1) is 11.8 Å². The zero-order chi connectivity index (χ0) is 24.4. The van der Waals surface area contributed by atoms with Gasteiger partial charge in [-0.1, -0.05) is 30.3 Å². The smallest absolute Gasteiger partial charge is 0.256 e. The van der Waals surface area contributed by atoms with E-state index in [4.69, 9.17) is 4.99 Å². The number of hydrogen-bond donors (Lipinski definition) is 0. The predicted octanol–water partition coefficient (Wildman–Crippen LogP) is 5.30. The van der Waals surface area contributed by atoms with Crippen LogP contribution in [0.5, 0.6) is 0 Å². The second-order valence-electron chi connectivity index (χ2n) is 11.5. The molecule has 1 atom stereocenters. The van der Waals surface area contributed by atoms with Gasteiger partial charge in [-0.05, 0) is 86.6 Å². The number of amides is 2. The van der Waals surface area contributed by atoms with Gasteiger partial charge in [0.1, 0.15) is 11.4 Å². The predicted molar refractivity (Wildman–Crippen MR) is 143 cm³/mol. The third-order valence-electron chi connectivity index (χ3n) is 8.37. The Hall–Kier alpha value is -2.60. The molecule has 0 N–H and O–H groups in total. The van der Waals surface area contributed by atoms with E-state index in [0.29, 0.717) is 18.4 Å². The van der Waals surface area contributed by atoms with Crippen LogP contribution in [-0.4, -0.2) is 57.9 Å². The molecule has 0 radical (unpaired) electrons. The van der Waals surface area contributed by atoms with Crippen LogP contribution in [0.4, 0.5) is 0 Å². The van der Waals surface area contributed by atoms with Crippen LogP contribution < -0.4 is 0 Å². The van der Waals surface area contributed by atoms with Crippen LogP contribution in [0.2, 0.25) is 0 Å². The van der Waals surface area contributed by atoms with Crippen LogP contribution in [0.1, 0.15) is 56.1 Å². The molecule has 0 bridgehead atoms. The Balaban J connectivity index is 1.12. The van der Waals surface area contributed by atoms with Gasteiger partial charge in [0.25, 0.3) is 5.91 Å². The van der Waals surface area contributed by atoms with E-state index in [1.54, 1.807) is 0 Å². The summed E-state index contributed by atoms with van der Waals surface area (Å²) in [6, 6.07) is 15.4. The summed E-state index contributed by atoms with van der Waals surface area (Å²) in [5, 5.41) is 0.793. The summed E-state index contributed by atoms with van der Waals surface area (Å²) in [7, 11) is 0. The molecule has 2 aliphatic heterocycles. The Morgan fingerprint density at radius 3 is 2.58 bits per heavy atom. The average Bonchev–Trinajstić information content (AvgIpc) is 3.77. The lowest BCUT2D eigenvalue weighted by Crippen LogP contribution is -2.41. The summed E-state index contributed by atoms with van der Waals surface area (Å²) in [5.41, 5.74) is 4.14. The molecule has 2 amide bonds. The fourth-order valence-corrected chi connectivity index (χ4v) is 6.84. The fourth-order valence-electron chi connectivity index (χ4n) is 5.73. The average molecular weight is 500 g/mol. The monoisotopic (exact) mass is 499 g/mol. The Kier molecular flexibility index (Phi) is 5.32. The molecule has 7 rings (SSSR count). The molecule has 0 unspecified atom stereocenters. The first-order chi connectivity index (χ1) is 17.5. The van der Waals surface area contributed by atoms with Gasteiger partial charge in [0.15, 0.2) is 0 Å². The molecule has 5 aliphatic rings. The van der Waals surface area contributed by atoms with Crippen molar-refractivity contribution < 1.29 is 9.59 Å². The number of thioether (sulfide) groups is 1. The molecule has 4 fully saturated rings. The van der Waals surface area contributed by atoms with Crippen molar-refractivity contribution >= 4 is 29.4 Å². The van der Waals surface area contributed by atoms with Crippen molar-refractivity contribution in [3.8, 4) is 11.1 Å². The van der Waals surface area contributed by atoms with Gasteiger partial charge in [-0.25, -0.2) is 0 Å². The van der Waals surface area contributed by atoms with Crippen LogP contribution >= 0.6 is 11.8 Å². The number of likely N-dealkylation sites (tertiary alicyclic amines) is 1. The highest BCUT2D eigenvalue weighted by Crippen LogP contribution is 2.47. The number of amidine groups is 1. The Bertz CT molecular complexity index is 1270. The van der Waals surface area contributed by atoms with Gasteiger partial charge in [0.05, 0.1) is 0 Å². The maximum Gasteiger partial charge on any atom is 0.256 e. The third-order valence-corrected chi connectivity index (χ3v) is 9.70. The number of aryl methyl sites for hydroxylation is 1. The SMILES string of the molecule is Cc1cc(-c2cccc(SC3CC3)c2)ccc1C1=NC2(CC2)C(=O)N1C[C@@H]1CCN(C(=O)C2CC2)C1. The van der Waals surface area contributed by atoms with Crippen molar-refractivity contribution in [3.63, 3.8) is 0 Å². The Labute approximate surface area is 217 Å². The number of rotatable bonds is 7. The molecule has 6 heteroatoms. The summed E-state index contributed by atoms with van der Waals surface area (Å²) < 4.78 is 0. The Morgan fingerprint density at radius 2 is 1.86 bits per heavy atom. The standard InChI is InChI=1S/C30H33N3O2S/c1-19-15-23(22-3-2-4-25(16-22)36-24-8-9-24)7-10-26(19)27-31-30(12-13-30)29(35)33(27)18-20-11-14-32(17-20)28(34)21-5-6-21/h2-4,7,10,15-16,20-21,24H,5-6,8-9,11-14,17-18H2,1H3/t20-/m1/s1. The molecule has 2 heterocycles. The van der Waals surface area contributed by atoms with Crippen molar-refractivity contribution in [1.82, 2.24) is 9.80 Å². The van der Waals surface area contributed by atoms with Gasteiger partial charge >= 0.3 is 0 Å². The molecule has 3 saturated carbocycles. The van der Waals surface area contributed by atoms with E-state index in [1.807, 2.05) is 21.6 Å². The van der Waals surface area contributed by atoms with E-state index < -0.39 is 5.54 Å². The van der Waals surface area contributed by atoms with Gasteiger partial charge in [0, 0.05) is 41.3 Å². The lowest BCUT2D eigenvalue weighted by atomic mass is 9.98. The maximum absolute atomic E-state index is 13.5. The second-order valence-corrected chi connectivity index (χ2v) is 12.8. The van der Waals surface area contributed by atoms with Crippen LogP contribution in [0.3, 0.4) is 0 Å². The van der Waals surface area contributed by atoms with Gasteiger partial charge in [-0.3, -0.25) is 19.5 Å². The van der Waals surface area contributed by atoms with E-state index in [2.05, 4.69) is 49.4 Å².